The SMILES string of the molecule is CCCCn1nnc(N)c1C(=O)OCC. The topological polar surface area (TPSA) is 83.0 Å². The standard InChI is InChI=1S/C9H16N4O2/c1-3-5-6-13-7(8(10)11-12-13)9(14)15-4-2/h3-6,10H2,1-2H3. The number of carbonyl (C=O) groups excluding carboxylic acids is 1. The number of unbranched alkanes of at least 4 members (excludes halogenated alkanes) is 1. The molecule has 1 aromatic heterocycles. The van der Waals surface area contributed by atoms with Crippen LogP contribution < -0.4 is 5.73 Å². The monoisotopic (exact) mass is 212 g/mol. The Hall–Kier alpha value is -1.59. The summed E-state index contributed by atoms with van der Waals surface area (Å²) in [6.07, 6.45) is 1.94. The van der Waals surface area contributed by atoms with E-state index in [4.69, 9.17) is 10.5 Å². The second-order valence-electron chi connectivity index (χ2n) is 3.12. The Morgan fingerprint density at radius 1 is 1.53 bits per heavy atom. The van der Waals surface area contributed by atoms with Gasteiger partial charge in [0.05, 0.1) is 6.61 Å². The second-order valence-corrected chi connectivity index (χ2v) is 3.12. The van der Waals surface area contributed by atoms with E-state index >= 15 is 0 Å². The number of esters is 1. The minimum absolute atomic E-state index is 0.129. The first-order chi connectivity index (χ1) is 7.20. The van der Waals surface area contributed by atoms with Crippen LogP contribution in [-0.4, -0.2) is 27.6 Å². The molecule has 6 heteroatoms. The van der Waals surface area contributed by atoms with Crippen molar-refractivity contribution in [3.8, 4) is 0 Å². The molecule has 84 valence electrons. The summed E-state index contributed by atoms with van der Waals surface area (Å²) in [4.78, 5) is 11.5. The van der Waals surface area contributed by atoms with Gasteiger partial charge in [-0.1, -0.05) is 18.6 Å². The summed E-state index contributed by atoms with van der Waals surface area (Å²) < 4.78 is 6.36. The predicted molar refractivity (Wildman–Crippen MR) is 55.3 cm³/mol. The second kappa shape index (κ2) is 5.33. The molecule has 0 atom stereocenters. The van der Waals surface area contributed by atoms with Crippen LogP contribution in [0.4, 0.5) is 5.82 Å². The molecule has 0 aliphatic carbocycles. The molecule has 1 rings (SSSR count). The van der Waals surface area contributed by atoms with Crippen LogP contribution in [0.25, 0.3) is 0 Å². The fraction of sp³-hybridized carbons (Fsp3) is 0.667. The fourth-order valence-corrected chi connectivity index (χ4v) is 1.20. The van der Waals surface area contributed by atoms with E-state index in [0.29, 0.717) is 13.2 Å². The lowest BCUT2D eigenvalue weighted by Gasteiger charge is -2.04. The van der Waals surface area contributed by atoms with Crippen LogP contribution >= 0.6 is 0 Å². The highest BCUT2D eigenvalue weighted by atomic mass is 16.5. The molecule has 0 aliphatic heterocycles. The van der Waals surface area contributed by atoms with E-state index in [1.807, 2.05) is 0 Å². The number of aromatic nitrogens is 3. The summed E-state index contributed by atoms with van der Waals surface area (Å²) in [5.74, 6) is -0.333. The zero-order valence-electron chi connectivity index (χ0n) is 9.06. The molecule has 0 radical (unpaired) electrons. The van der Waals surface area contributed by atoms with Crippen molar-refractivity contribution < 1.29 is 9.53 Å². The molecule has 0 aliphatic rings. The minimum Gasteiger partial charge on any atom is -0.461 e. The van der Waals surface area contributed by atoms with Gasteiger partial charge in [0.25, 0.3) is 0 Å². The first kappa shape index (κ1) is 11.5. The maximum absolute atomic E-state index is 11.5. The van der Waals surface area contributed by atoms with Crippen LogP contribution in [0.1, 0.15) is 37.2 Å². The molecule has 6 nitrogen and oxygen atoms in total. The van der Waals surface area contributed by atoms with Gasteiger partial charge in [-0.3, -0.25) is 0 Å². The summed E-state index contributed by atoms with van der Waals surface area (Å²) in [7, 11) is 0. The molecule has 1 heterocycles. The molecule has 0 aromatic carbocycles. The molecular formula is C9H16N4O2. The molecule has 15 heavy (non-hydrogen) atoms. The largest absolute Gasteiger partial charge is 0.461 e. The Labute approximate surface area is 88.4 Å². The molecule has 0 bridgehead atoms. The minimum atomic E-state index is -0.462. The lowest BCUT2D eigenvalue weighted by molar-refractivity contribution is 0.0513. The van der Waals surface area contributed by atoms with Gasteiger partial charge in [-0.2, -0.15) is 0 Å². The van der Waals surface area contributed by atoms with Crippen LogP contribution in [-0.2, 0) is 11.3 Å². The summed E-state index contributed by atoms with van der Waals surface area (Å²) in [6, 6.07) is 0. The summed E-state index contributed by atoms with van der Waals surface area (Å²) in [5, 5.41) is 7.46. The molecular weight excluding hydrogens is 196 g/mol. The van der Waals surface area contributed by atoms with Crippen molar-refractivity contribution in [2.24, 2.45) is 0 Å². The van der Waals surface area contributed by atoms with E-state index in [9.17, 15) is 4.79 Å². The van der Waals surface area contributed by atoms with Gasteiger partial charge in [0.15, 0.2) is 11.5 Å². The van der Waals surface area contributed by atoms with E-state index in [1.165, 1.54) is 4.68 Å². The number of nitrogens with zero attached hydrogens (tertiary/aromatic N) is 3. The number of nitrogens with two attached hydrogens (primary N) is 1. The lowest BCUT2D eigenvalue weighted by Crippen LogP contribution is -2.15. The third kappa shape index (κ3) is 2.68. The number of ether oxygens (including phenoxy) is 1. The number of aryl methyl sites for hydroxylation is 1. The Morgan fingerprint density at radius 2 is 2.27 bits per heavy atom. The third-order valence-electron chi connectivity index (χ3n) is 1.95. The third-order valence-corrected chi connectivity index (χ3v) is 1.95. The van der Waals surface area contributed by atoms with Gasteiger partial charge in [-0.25, -0.2) is 9.48 Å². The quantitative estimate of drug-likeness (QED) is 0.731. The van der Waals surface area contributed by atoms with Crippen molar-refractivity contribution >= 4 is 11.8 Å². The number of hydrogen-bond donors (Lipinski definition) is 1. The maximum atomic E-state index is 11.5. The van der Waals surface area contributed by atoms with Gasteiger partial charge in [-0.05, 0) is 13.3 Å². The van der Waals surface area contributed by atoms with Crippen molar-refractivity contribution in [1.82, 2.24) is 15.0 Å². The lowest BCUT2D eigenvalue weighted by atomic mass is 10.3. The number of nitrogen functional groups attached to an aromatic ring is 1. The van der Waals surface area contributed by atoms with Crippen molar-refractivity contribution in [3.63, 3.8) is 0 Å². The summed E-state index contributed by atoms with van der Waals surface area (Å²) in [6.45, 7) is 4.75. The average molecular weight is 212 g/mol. The van der Waals surface area contributed by atoms with Crippen LogP contribution in [0, 0.1) is 0 Å². The highest BCUT2D eigenvalue weighted by Crippen LogP contribution is 2.10. The highest BCUT2D eigenvalue weighted by Gasteiger charge is 2.19. The van der Waals surface area contributed by atoms with Gasteiger partial charge in [0.1, 0.15) is 0 Å². The molecule has 0 fully saturated rings. The predicted octanol–water partition coefficient (Wildman–Crippen LogP) is 0.837. The van der Waals surface area contributed by atoms with Crippen LogP contribution in [0.3, 0.4) is 0 Å². The Kier molecular flexibility index (Phi) is 4.08. The molecule has 1 aromatic rings. The molecule has 0 saturated carbocycles. The van der Waals surface area contributed by atoms with Crippen LogP contribution in [0.5, 0.6) is 0 Å². The van der Waals surface area contributed by atoms with Crippen molar-refractivity contribution in [3.05, 3.63) is 5.69 Å². The van der Waals surface area contributed by atoms with Gasteiger partial charge in [0.2, 0.25) is 0 Å². The molecule has 0 saturated heterocycles. The van der Waals surface area contributed by atoms with Gasteiger partial charge >= 0.3 is 5.97 Å². The Bertz CT molecular complexity index is 335. The van der Waals surface area contributed by atoms with E-state index in [1.54, 1.807) is 6.92 Å². The Morgan fingerprint density at radius 3 is 2.87 bits per heavy atom. The van der Waals surface area contributed by atoms with Crippen molar-refractivity contribution in [1.29, 1.82) is 0 Å². The fourth-order valence-electron chi connectivity index (χ4n) is 1.20. The number of anilines is 1. The number of carbonyl (C=O) groups is 1. The van der Waals surface area contributed by atoms with Crippen molar-refractivity contribution in [2.75, 3.05) is 12.3 Å². The highest BCUT2D eigenvalue weighted by molar-refractivity contribution is 5.92. The number of rotatable bonds is 5. The van der Waals surface area contributed by atoms with Crippen molar-refractivity contribution in [2.45, 2.75) is 33.2 Å². The van der Waals surface area contributed by atoms with Crippen LogP contribution in [0.15, 0.2) is 0 Å². The Balaban J connectivity index is 2.83. The molecule has 2 N–H and O–H groups in total. The zero-order valence-corrected chi connectivity index (χ0v) is 9.06. The van der Waals surface area contributed by atoms with Crippen LogP contribution in [0.2, 0.25) is 0 Å². The summed E-state index contributed by atoms with van der Waals surface area (Å²) in [5.41, 5.74) is 5.80. The van der Waals surface area contributed by atoms with E-state index in [-0.39, 0.29) is 11.5 Å². The van der Waals surface area contributed by atoms with Gasteiger partial charge in [0, 0.05) is 6.54 Å². The number of hydrogen-bond acceptors (Lipinski definition) is 5. The summed E-state index contributed by atoms with van der Waals surface area (Å²) >= 11 is 0. The van der Waals surface area contributed by atoms with E-state index < -0.39 is 5.97 Å². The van der Waals surface area contributed by atoms with E-state index in [0.717, 1.165) is 12.8 Å². The van der Waals surface area contributed by atoms with E-state index in [2.05, 4.69) is 17.2 Å². The first-order valence-corrected chi connectivity index (χ1v) is 5.06. The maximum Gasteiger partial charge on any atom is 0.360 e. The average Bonchev–Trinajstić information content (AvgIpc) is 2.57. The zero-order chi connectivity index (χ0) is 11.3. The molecule has 0 spiro atoms. The van der Waals surface area contributed by atoms with Gasteiger partial charge < -0.3 is 10.5 Å². The smallest absolute Gasteiger partial charge is 0.360 e. The molecule has 0 unspecified atom stereocenters. The molecule has 0 amide bonds. The normalized spacial score (nSPS) is 10.3. The first-order valence-electron chi connectivity index (χ1n) is 5.06. The van der Waals surface area contributed by atoms with Gasteiger partial charge in [-0.15, -0.1) is 5.10 Å².